The Morgan fingerprint density at radius 3 is 2.43 bits per heavy atom. The summed E-state index contributed by atoms with van der Waals surface area (Å²) in [5.41, 5.74) is 2.74. The Morgan fingerprint density at radius 2 is 1.81 bits per heavy atom. The number of nitrogens with one attached hydrogen (secondary N) is 1. The minimum Gasteiger partial charge on any atom is -0.619 e. The molecule has 0 atom stereocenters. The summed E-state index contributed by atoms with van der Waals surface area (Å²) in [7, 11) is 0. The van der Waals surface area contributed by atoms with E-state index in [2.05, 4.69) is 5.43 Å². The third-order valence-corrected chi connectivity index (χ3v) is 4.49. The van der Waals surface area contributed by atoms with Gasteiger partial charge in [-0.3, -0.25) is 15.0 Å². The van der Waals surface area contributed by atoms with Crippen molar-refractivity contribution in [2.75, 3.05) is 0 Å². The minimum atomic E-state index is -0.395. The van der Waals surface area contributed by atoms with Crippen LogP contribution in [0, 0.1) is 5.21 Å². The van der Waals surface area contributed by atoms with E-state index in [0.717, 1.165) is 38.5 Å². The van der Waals surface area contributed by atoms with Gasteiger partial charge in [-0.05, 0) is 12.8 Å². The highest BCUT2D eigenvalue weighted by molar-refractivity contribution is 5.97. The van der Waals surface area contributed by atoms with E-state index < -0.39 is 5.54 Å². The molecule has 21 heavy (non-hydrogen) atoms. The van der Waals surface area contributed by atoms with Gasteiger partial charge in [-0.25, -0.2) is 5.01 Å². The number of hydrogen-bond acceptors (Lipinski definition) is 3. The fraction of sp³-hybridized carbons (Fsp3) is 0.533. The molecule has 1 spiro atoms. The van der Waals surface area contributed by atoms with Gasteiger partial charge in [-0.2, -0.15) is 4.73 Å². The molecule has 2 aliphatic rings. The Labute approximate surface area is 123 Å². The molecular formula is C15H19N3O3. The molecule has 3 rings (SSSR count). The molecule has 6 nitrogen and oxygen atoms in total. The van der Waals surface area contributed by atoms with E-state index in [9.17, 15) is 14.8 Å². The quantitative estimate of drug-likeness (QED) is 0.625. The predicted octanol–water partition coefficient (Wildman–Crippen LogP) is 1.29. The molecule has 1 aromatic heterocycles. The zero-order valence-corrected chi connectivity index (χ0v) is 11.9. The number of hydrogen-bond donors (Lipinski definition) is 1. The van der Waals surface area contributed by atoms with E-state index in [0.29, 0.717) is 16.7 Å². The maximum atomic E-state index is 12.7. The number of hydrazine groups is 1. The van der Waals surface area contributed by atoms with Crippen molar-refractivity contribution in [3.05, 3.63) is 35.3 Å². The van der Waals surface area contributed by atoms with Crippen molar-refractivity contribution in [1.82, 2.24) is 10.4 Å². The molecule has 0 unspecified atom stereocenters. The highest BCUT2D eigenvalue weighted by atomic mass is 16.5. The van der Waals surface area contributed by atoms with Gasteiger partial charge >= 0.3 is 0 Å². The van der Waals surface area contributed by atoms with Crippen LogP contribution in [0.1, 0.15) is 55.3 Å². The summed E-state index contributed by atoms with van der Waals surface area (Å²) in [6, 6.07) is 2.98. The molecule has 1 saturated carbocycles. The summed E-state index contributed by atoms with van der Waals surface area (Å²) in [5.74, 6) is -0.330. The molecule has 1 N–H and O–H groups in total. The Hall–Kier alpha value is -2.11. The van der Waals surface area contributed by atoms with Crippen molar-refractivity contribution in [1.29, 1.82) is 0 Å². The van der Waals surface area contributed by atoms with Crippen LogP contribution in [0.3, 0.4) is 0 Å². The number of carbonyl (C=O) groups is 2. The van der Waals surface area contributed by atoms with E-state index in [1.807, 2.05) is 0 Å². The highest BCUT2D eigenvalue weighted by Gasteiger charge is 2.47. The maximum Gasteiger partial charge on any atom is 0.273 e. The molecule has 2 heterocycles. The van der Waals surface area contributed by atoms with E-state index in [-0.39, 0.29) is 11.8 Å². The van der Waals surface area contributed by atoms with E-state index in [1.165, 1.54) is 29.5 Å². The monoisotopic (exact) mass is 289 g/mol. The number of pyridine rings is 1. The van der Waals surface area contributed by atoms with Gasteiger partial charge in [0.1, 0.15) is 0 Å². The van der Waals surface area contributed by atoms with Gasteiger partial charge in [-0.15, -0.1) is 0 Å². The Bertz CT molecular complexity index is 548. The van der Waals surface area contributed by atoms with Crippen LogP contribution in [-0.4, -0.2) is 22.4 Å². The first kappa shape index (κ1) is 13.9. The summed E-state index contributed by atoms with van der Waals surface area (Å²) >= 11 is 0. The van der Waals surface area contributed by atoms with Gasteiger partial charge < -0.3 is 5.21 Å². The lowest BCUT2D eigenvalue weighted by Gasteiger charge is -2.36. The molecule has 0 bridgehead atoms. The lowest BCUT2D eigenvalue weighted by atomic mass is 9.87. The number of amides is 2. The molecule has 1 saturated heterocycles. The average molecular weight is 289 g/mol. The fourth-order valence-electron chi connectivity index (χ4n) is 3.40. The second kappa shape index (κ2) is 5.35. The summed E-state index contributed by atoms with van der Waals surface area (Å²) < 4.78 is 0.640. The first-order chi connectivity index (χ1) is 10.1. The van der Waals surface area contributed by atoms with Gasteiger partial charge in [0.05, 0.1) is 17.5 Å². The van der Waals surface area contributed by atoms with Gasteiger partial charge in [0.2, 0.25) is 5.91 Å². The average Bonchev–Trinajstić information content (AvgIpc) is 2.64. The van der Waals surface area contributed by atoms with Crippen LogP contribution in [0.25, 0.3) is 0 Å². The molecule has 1 aromatic rings. The van der Waals surface area contributed by atoms with E-state index in [4.69, 9.17) is 0 Å². The standard InChI is InChI=1S/C15H19N3O3/c19-13-11-15(7-3-1-2-4-8-15)18(16-13)14(20)12-5-9-17(21)10-6-12/h5-6,9-10H,1-4,7-8,11H2,(H,16,19). The molecule has 6 heteroatoms. The molecule has 112 valence electrons. The van der Waals surface area contributed by atoms with Crippen molar-refractivity contribution >= 4 is 11.8 Å². The highest BCUT2D eigenvalue weighted by Crippen LogP contribution is 2.38. The number of rotatable bonds is 1. The van der Waals surface area contributed by atoms with Gasteiger partial charge in [0, 0.05) is 12.1 Å². The minimum absolute atomic E-state index is 0.0972. The van der Waals surface area contributed by atoms with Crippen LogP contribution in [0.5, 0.6) is 0 Å². The second-order valence-electron chi connectivity index (χ2n) is 5.94. The van der Waals surface area contributed by atoms with Crippen LogP contribution in [-0.2, 0) is 4.79 Å². The fourth-order valence-corrected chi connectivity index (χ4v) is 3.40. The van der Waals surface area contributed by atoms with Crippen LogP contribution in [0.15, 0.2) is 24.5 Å². The van der Waals surface area contributed by atoms with Crippen molar-refractivity contribution in [2.45, 2.75) is 50.5 Å². The van der Waals surface area contributed by atoms with Crippen molar-refractivity contribution in [2.24, 2.45) is 0 Å². The maximum absolute atomic E-state index is 12.7. The zero-order chi connectivity index (χ0) is 14.9. The number of aromatic nitrogens is 1. The van der Waals surface area contributed by atoms with Gasteiger partial charge in [0.15, 0.2) is 12.4 Å². The first-order valence-corrected chi connectivity index (χ1v) is 7.44. The Kier molecular flexibility index (Phi) is 3.53. The van der Waals surface area contributed by atoms with Crippen molar-refractivity contribution < 1.29 is 14.3 Å². The molecular weight excluding hydrogens is 270 g/mol. The molecule has 1 aliphatic heterocycles. The Balaban J connectivity index is 1.89. The Morgan fingerprint density at radius 1 is 1.19 bits per heavy atom. The largest absolute Gasteiger partial charge is 0.619 e. The summed E-state index contributed by atoms with van der Waals surface area (Å²) in [5, 5.41) is 12.6. The van der Waals surface area contributed by atoms with E-state index in [1.54, 1.807) is 0 Å². The first-order valence-electron chi connectivity index (χ1n) is 7.44. The molecule has 1 aliphatic carbocycles. The van der Waals surface area contributed by atoms with Gasteiger partial charge in [-0.1, -0.05) is 25.7 Å². The third-order valence-electron chi connectivity index (χ3n) is 4.49. The summed E-state index contributed by atoms with van der Waals surface area (Å²) in [6.45, 7) is 0. The van der Waals surface area contributed by atoms with Crippen LogP contribution >= 0.6 is 0 Å². The predicted molar refractivity (Wildman–Crippen MR) is 74.8 cm³/mol. The van der Waals surface area contributed by atoms with Crippen LogP contribution in [0.2, 0.25) is 0 Å². The lowest BCUT2D eigenvalue weighted by molar-refractivity contribution is -0.605. The smallest absolute Gasteiger partial charge is 0.273 e. The van der Waals surface area contributed by atoms with E-state index >= 15 is 0 Å². The summed E-state index contributed by atoms with van der Waals surface area (Å²) in [6.07, 6.45) is 9.06. The number of nitrogens with zero attached hydrogens (tertiary/aromatic N) is 2. The molecule has 2 amide bonds. The molecule has 0 radical (unpaired) electrons. The third kappa shape index (κ3) is 2.57. The van der Waals surface area contributed by atoms with Crippen molar-refractivity contribution in [3.8, 4) is 0 Å². The lowest BCUT2D eigenvalue weighted by Crippen LogP contribution is -2.51. The molecule has 2 fully saturated rings. The zero-order valence-electron chi connectivity index (χ0n) is 11.9. The topological polar surface area (TPSA) is 76.4 Å². The van der Waals surface area contributed by atoms with Crippen LogP contribution in [0.4, 0.5) is 0 Å². The molecule has 0 aromatic carbocycles. The SMILES string of the molecule is O=C1CC2(CCCCCC2)N(C(=O)c2cc[n+]([O-])cc2)N1. The van der Waals surface area contributed by atoms with Crippen LogP contribution < -0.4 is 10.2 Å². The summed E-state index contributed by atoms with van der Waals surface area (Å²) in [4.78, 5) is 24.6. The van der Waals surface area contributed by atoms with Gasteiger partial charge in [0.25, 0.3) is 5.91 Å². The normalized spacial score (nSPS) is 21.1. The second-order valence-corrected chi connectivity index (χ2v) is 5.94. The van der Waals surface area contributed by atoms with Crippen molar-refractivity contribution in [3.63, 3.8) is 0 Å². The number of carbonyl (C=O) groups excluding carboxylic acids is 2.